The molecule has 0 aliphatic heterocycles. The van der Waals surface area contributed by atoms with Crippen molar-refractivity contribution in [2.45, 2.75) is 46.6 Å². The summed E-state index contributed by atoms with van der Waals surface area (Å²) in [6, 6.07) is -0.207. The van der Waals surface area contributed by atoms with Crippen molar-refractivity contribution in [3.63, 3.8) is 0 Å². The molecule has 0 rings (SSSR count). The predicted octanol–water partition coefficient (Wildman–Crippen LogP) is 2.12. The van der Waals surface area contributed by atoms with E-state index in [9.17, 15) is 4.79 Å². The van der Waals surface area contributed by atoms with Crippen LogP contribution >= 0.6 is 0 Å². The molecule has 2 N–H and O–H groups in total. The van der Waals surface area contributed by atoms with E-state index in [1.54, 1.807) is 7.11 Å². The minimum atomic E-state index is -0.241. The maximum atomic E-state index is 11.6. The Bertz CT molecular complexity index is 247. The number of amides is 2. The van der Waals surface area contributed by atoms with Gasteiger partial charge in [-0.05, 0) is 25.7 Å². The third kappa shape index (κ3) is 10.4. The van der Waals surface area contributed by atoms with E-state index in [1.807, 2.05) is 13.8 Å². The van der Waals surface area contributed by atoms with Crippen molar-refractivity contribution >= 4 is 6.03 Å². The zero-order valence-corrected chi connectivity index (χ0v) is 12.6. The van der Waals surface area contributed by atoms with Crippen molar-refractivity contribution in [3.8, 4) is 0 Å². The summed E-state index contributed by atoms with van der Waals surface area (Å²) in [4.78, 5) is 11.6. The van der Waals surface area contributed by atoms with Gasteiger partial charge in [0.05, 0.1) is 13.2 Å². The number of nitrogens with one attached hydrogen (secondary N) is 2. The zero-order valence-electron chi connectivity index (χ0n) is 12.6. The van der Waals surface area contributed by atoms with Gasteiger partial charge in [0.1, 0.15) is 6.73 Å². The number of methoxy groups -OCH3 is 1. The Morgan fingerprint density at radius 1 is 1.11 bits per heavy atom. The van der Waals surface area contributed by atoms with Crippen molar-refractivity contribution in [2.75, 3.05) is 27.1 Å². The second-order valence-electron chi connectivity index (χ2n) is 6.30. The van der Waals surface area contributed by atoms with Gasteiger partial charge in [0, 0.05) is 12.6 Å². The summed E-state index contributed by atoms with van der Waals surface area (Å²) in [7, 11) is 1.61. The van der Waals surface area contributed by atoms with Crippen LogP contribution in [0, 0.1) is 5.41 Å². The highest BCUT2D eigenvalue weighted by Crippen LogP contribution is 2.26. The van der Waals surface area contributed by atoms with Crippen LogP contribution < -0.4 is 10.6 Å². The van der Waals surface area contributed by atoms with Gasteiger partial charge < -0.3 is 20.1 Å². The average Bonchev–Trinajstić information content (AvgIpc) is 2.12. The van der Waals surface area contributed by atoms with Crippen LogP contribution in [-0.4, -0.2) is 38.6 Å². The average molecular weight is 260 g/mol. The maximum absolute atomic E-state index is 11.6. The zero-order chi connectivity index (χ0) is 14.2. The van der Waals surface area contributed by atoms with Gasteiger partial charge in [-0.2, -0.15) is 0 Å². The van der Waals surface area contributed by atoms with E-state index in [1.165, 1.54) is 0 Å². The Balaban J connectivity index is 3.85. The standard InChI is InChI=1S/C13H28N2O3/c1-12(2,3)9-13(4,5)15-11(16)14-10-18-8-7-17-6/h7-10H2,1-6H3,(H2,14,15,16). The molecule has 0 aromatic heterocycles. The predicted molar refractivity (Wildman–Crippen MR) is 72.5 cm³/mol. The van der Waals surface area contributed by atoms with Gasteiger partial charge in [-0.1, -0.05) is 20.8 Å². The van der Waals surface area contributed by atoms with Gasteiger partial charge in [0.2, 0.25) is 0 Å². The normalized spacial score (nSPS) is 12.3. The lowest BCUT2D eigenvalue weighted by atomic mass is 9.82. The topological polar surface area (TPSA) is 59.6 Å². The minimum Gasteiger partial charge on any atom is -0.382 e. The highest BCUT2D eigenvalue weighted by Gasteiger charge is 2.26. The summed E-state index contributed by atoms with van der Waals surface area (Å²) in [6.07, 6.45) is 0.901. The second kappa shape index (κ2) is 7.59. The van der Waals surface area contributed by atoms with Crippen molar-refractivity contribution < 1.29 is 14.3 Å². The SMILES string of the molecule is COCCOCNC(=O)NC(C)(C)CC(C)(C)C. The lowest BCUT2D eigenvalue weighted by Crippen LogP contribution is -2.50. The van der Waals surface area contributed by atoms with Crippen LogP contribution in [0.4, 0.5) is 4.79 Å². The van der Waals surface area contributed by atoms with Crippen LogP contribution in [0.1, 0.15) is 41.0 Å². The summed E-state index contributed by atoms with van der Waals surface area (Å²) < 4.78 is 9.99. The van der Waals surface area contributed by atoms with E-state index < -0.39 is 0 Å². The highest BCUT2D eigenvalue weighted by molar-refractivity contribution is 5.74. The van der Waals surface area contributed by atoms with Gasteiger partial charge in [-0.3, -0.25) is 0 Å². The molecule has 2 amide bonds. The fourth-order valence-corrected chi connectivity index (χ4v) is 2.05. The monoisotopic (exact) mass is 260 g/mol. The molecular weight excluding hydrogens is 232 g/mol. The molecule has 0 aromatic rings. The molecule has 0 spiro atoms. The number of hydrogen-bond donors (Lipinski definition) is 2. The molecule has 18 heavy (non-hydrogen) atoms. The van der Waals surface area contributed by atoms with E-state index in [-0.39, 0.29) is 23.7 Å². The summed E-state index contributed by atoms with van der Waals surface area (Å²) in [6.45, 7) is 11.7. The van der Waals surface area contributed by atoms with Gasteiger partial charge in [0.15, 0.2) is 0 Å². The number of carbonyl (C=O) groups is 1. The molecule has 0 aliphatic rings. The molecule has 0 aliphatic carbocycles. The number of rotatable bonds is 7. The first kappa shape index (κ1) is 17.2. The summed E-state index contributed by atoms with van der Waals surface area (Å²) in [5, 5.41) is 5.60. The summed E-state index contributed by atoms with van der Waals surface area (Å²) >= 11 is 0. The van der Waals surface area contributed by atoms with E-state index in [0.717, 1.165) is 6.42 Å². The molecule has 0 atom stereocenters. The van der Waals surface area contributed by atoms with Gasteiger partial charge in [-0.25, -0.2) is 4.79 Å². The molecule has 0 bridgehead atoms. The Morgan fingerprint density at radius 3 is 2.22 bits per heavy atom. The van der Waals surface area contributed by atoms with Crippen LogP contribution in [0.25, 0.3) is 0 Å². The maximum Gasteiger partial charge on any atom is 0.316 e. The van der Waals surface area contributed by atoms with Crippen LogP contribution in [-0.2, 0) is 9.47 Å². The van der Waals surface area contributed by atoms with E-state index in [4.69, 9.17) is 9.47 Å². The molecule has 0 radical (unpaired) electrons. The van der Waals surface area contributed by atoms with Crippen molar-refractivity contribution in [2.24, 2.45) is 5.41 Å². The lowest BCUT2D eigenvalue weighted by Gasteiger charge is -2.33. The smallest absolute Gasteiger partial charge is 0.316 e. The molecule has 0 saturated heterocycles. The van der Waals surface area contributed by atoms with E-state index in [2.05, 4.69) is 31.4 Å². The van der Waals surface area contributed by atoms with Crippen LogP contribution in [0.15, 0.2) is 0 Å². The summed E-state index contributed by atoms with van der Waals surface area (Å²) in [5.74, 6) is 0. The molecule has 0 aromatic carbocycles. The van der Waals surface area contributed by atoms with Crippen molar-refractivity contribution in [1.82, 2.24) is 10.6 Å². The second-order valence-corrected chi connectivity index (χ2v) is 6.30. The molecule has 0 unspecified atom stereocenters. The number of ether oxygens (including phenoxy) is 2. The number of carbonyl (C=O) groups excluding carboxylic acids is 1. The number of urea groups is 1. The molecular formula is C13H28N2O3. The third-order valence-corrected chi connectivity index (χ3v) is 2.19. The molecule has 5 nitrogen and oxygen atoms in total. The number of hydrogen-bond acceptors (Lipinski definition) is 3. The quantitative estimate of drug-likeness (QED) is 0.544. The Kier molecular flexibility index (Phi) is 7.25. The first-order chi connectivity index (χ1) is 8.16. The fourth-order valence-electron chi connectivity index (χ4n) is 2.05. The van der Waals surface area contributed by atoms with Crippen molar-refractivity contribution in [1.29, 1.82) is 0 Å². The lowest BCUT2D eigenvalue weighted by molar-refractivity contribution is 0.0636. The van der Waals surface area contributed by atoms with E-state index >= 15 is 0 Å². The van der Waals surface area contributed by atoms with Crippen LogP contribution in [0.5, 0.6) is 0 Å². The largest absolute Gasteiger partial charge is 0.382 e. The molecule has 108 valence electrons. The molecule has 0 saturated carbocycles. The Labute approximate surface area is 111 Å². The first-order valence-electron chi connectivity index (χ1n) is 6.29. The fraction of sp³-hybridized carbons (Fsp3) is 0.923. The Morgan fingerprint density at radius 2 is 1.72 bits per heavy atom. The Hall–Kier alpha value is -0.810. The molecule has 5 heteroatoms. The van der Waals surface area contributed by atoms with Crippen LogP contribution in [0.3, 0.4) is 0 Å². The molecule has 0 heterocycles. The van der Waals surface area contributed by atoms with Crippen molar-refractivity contribution in [3.05, 3.63) is 0 Å². The van der Waals surface area contributed by atoms with Gasteiger partial charge in [-0.15, -0.1) is 0 Å². The highest BCUT2D eigenvalue weighted by atomic mass is 16.5. The van der Waals surface area contributed by atoms with Gasteiger partial charge in [0.25, 0.3) is 0 Å². The van der Waals surface area contributed by atoms with Crippen LogP contribution in [0.2, 0.25) is 0 Å². The molecule has 0 fully saturated rings. The first-order valence-corrected chi connectivity index (χ1v) is 6.29. The van der Waals surface area contributed by atoms with Gasteiger partial charge >= 0.3 is 6.03 Å². The van der Waals surface area contributed by atoms with E-state index in [0.29, 0.717) is 13.2 Å². The summed E-state index contributed by atoms with van der Waals surface area (Å²) in [5.41, 5.74) is -0.0688. The third-order valence-electron chi connectivity index (χ3n) is 2.19. The minimum absolute atomic E-state index is 0.172.